The second-order valence-corrected chi connectivity index (χ2v) is 4.60. The molecule has 2 rings (SSSR count). The average molecular weight is 295 g/mol. The Labute approximate surface area is 120 Å². The van der Waals surface area contributed by atoms with Gasteiger partial charge in [-0.2, -0.15) is 0 Å². The van der Waals surface area contributed by atoms with Crippen LogP contribution in [0.2, 0.25) is 0 Å². The molecule has 7 heteroatoms. The molecule has 1 amide bonds. The zero-order chi connectivity index (χ0) is 15.6. The highest BCUT2D eigenvalue weighted by Crippen LogP contribution is 2.31. The number of halogens is 1. The summed E-state index contributed by atoms with van der Waals surface area (Å²) in [4.78, 5) is 34.9. The van der Waals surface area contributed by atoms with Gasteiger partial charge in [-0.3, -0.25) is 4.79 Å². The Morgan fingerprint density at radius 3 is 2.29 bits per heavy atom. The van der Waals surface area contributed by atoms with Gasteiger partial charge in [0.15, 0.2) is 5.82 Å². The van der Waals surface area contributed by atoms with Crippen molar-refractivity contribution in [2.45, 2.75) is 12.8 Å². The Morgan fingerprint density at radius 1 is 1.14 bits per heavy atom. The summed E-state index contributed by atoms with van der Waals surface area (Å²) in [6, 6.07) is 2.43. The van der Waals surface area contributed by atoms with Crippen molar-refractivity contribution in [3.05, 3.63) is 29.1 Å². The number of carbonyl (C=O) groups is 3. The zero-order valence-electron chi connectivity index (χ0n) is 11.6. The van der Waals surface area contributed by atoms with Crippen LogP contribution in [0.1, 0.15) is 33.6 Å². The molecule has 6 nitrogen and oxygen atoms in total. The number of anilines is 1. The molecular weight excluding hydrogens is 281 g/mol. The Morgan fingerprint density at radius 2 is 1.76 bits per heavy atom. The fourth-order valence-corrected chi connectivity index (χ4v) is 1.83. The molecule has 0 bridgehead atoms. The van der Waals surface area contributed by atoms with E-state index in [4.69, 9.17) is 0 Å². The Balaban J connectivity index is 2.42. The van der Waals surface area contributed by atoms with Crippen molar-refractivity contribution >= 4 is 23.5 Å². The number of esters is 2. The largest absolute Gasteiger partial charge is 0.465 e. The molecule has 1 aliphatic rings. The van der Waals surface area contributed by atoms with Crippen molar-refractivity contribution < 1.29 is 28.2 Å². The molecule has 0 heterocycles. The summed E-state index contributed by atoms with van der Waals surface area (Å²) >= 11 is 0. The van der Waals surface area contributed by atoms with Gasteiger partial charge in [-0.15, -0.1) is 0 Å². The van der Waals surface area contributed by atoms with Gasteiger partial charge >= 0.3 is 11.9 Å². The Kier molecular flexibility index (Phi) is 4.21. The lowest BCUT2D eigenvalue weighted by Gasteiger charge is -2.12. The van der Waals surface area contributed by atoms with Crippen molar-refractivity contribution in [1.29, 1.82) is 0 Å². The lowest BCUT2D eigenvalue weighted by molar-refractivity contribution is -0.117. The molecule has 0 saturated heterocycles. The maximum Gasteiger partial charge on any atom is 0.341 e. The van der Waals surface area contributed by atoms with E-state index in [2.05, 4.69) is 14.8 Å². The van der Waals surface area contributed by atoms with Crippen molar-refractivity contribution in [2.24, 2.45) is 5.92 Å². The summed E-state index contributed by atoms with van der Waals surface area (Å²) in [6.07, 6.45) is 1.52. The van der Waals surface area contributed by atoms with Crippen LogP contribution in [0.15, 0.2) is 12.1 Å². The third-order valence-electron chi connectivity index (χ3n) is 3.14. The minimum absolute atomic E-state index is 0.119. The molecule has 21 heavy (non-hydrogen) atoms. The van der Waals surface area contributed by atoms with Crippen LogP contribution in [-0.2, 0) is 14.3 Å². The van der Waals surface area contributed by atoms with E-state index in [1.165, 1.54) is 12.1 Å². The zero-order valence-corrected chi connectivity index (χ0v) is 11.6. The van der Waals surface area contributed by atoms with E-state index < -0.39 is 23.3 Å². The maximum atomic E-state index is 14.4. The molecule has 1 aromatic rings. The van der Waals surface area contributed by atoms with E-state index in [1.807, 2.05) is 0 Å². The smallest absolute Gasteiger partial charge is 0.341 e. The van der Waals surface area contributed by atoms with Crippen LogP contribution in [0.3, 0.4) is 0 Å². The quantitative estimate of drug-likeness (QED) is 0.856. The molecule has 0 radical (unpaired) electrons. The first-order valence-corrected chi connectivity index (χ1v) is 6.29. The van der Waals surface area contributed by atoms with Crippen LogP contribution in [0.5, 0.6) is 0 Å². The van der Waals surface area contributed by atoms with Gasteiger partial charge < -0.3 is 14.8 Å². The molecule has 1 N–H and O–H groups in total. The molecule has 1 aromatic carbocycles. The minimum atomic E-state index is -1.02. The van der Waals surface area contributed by atoms with Crippen LogP contribution in [0.25, 0.3) is 0 Å². The van der Waals surface area contributed by atoms with Crippen LogP contribution < -0.4 is 5.32 Å². The van der Waals surface area contributed by atoms with Gasteiger partial charge in [-0.25, -0.2) is 14.0 Å². The highest BCUT2D eigenvalue weighted by molar-refractivity contribution is 6.05. The predicted octanol–water partition coefficient (Wildman–Crippen LogP) is 1.75. The Hall–Kier alpha value is -2.44. The van der Waals surface area contributed by atoms with Gasteiger partial charge in [0.25, 0.3) is 0 Å². The number of ether oxygens (including phenoxy) is 2. The number of carbonyl (C=O) groups excluding carboxylic acids is 3. The number of methoxy groups -OCH3 is 2. The number of hydrogen-bond donors (Lipinski definition) is 1. The van der Waals surface area contributed by atoms with Gasteiger partial charge in [0.05, 0.1) is 25.5 Å². The van der Waals surface area contributed by atoms with Gasteiger partial charge in [0.2, 0.25) is 5.91 Å². The number of rotatable bonds is 4. The molecular formula is C14H14FNO5. The molecule has 0 aliphatic heterocycles. The molecule has 0 unspecified atom stereocenters. The average Bonchev–Trinajstić information content (AvgIpc) is 3.32. The first-order chi connectivity index (χ1) is 9.99. The van der Waals surface area contributed by atoms with Crippen LogP contribution in [0.4, 0.5) is 10.1 Å². The first kappa shape index (κ1) is 15.0. The summed E-state index contributed by atoms with van der Waals surface area (Å²) < 4.78 is 23.4. The summed E-state index contributed by atoms with van der Waals surface area (Å²) in [5.74, 6) is -3.33. The fraction of sp³-hybridized carbons (Fsp3) is 0.357. The first-order valence-electron chi connectivity index (χ1n) is 6.29. The molecule has 0 spiro atoms. The van der Waals surface area contributed by atoms with Gasteiger partial charge in [0.1, 0.15) is 5.56 Å². The second kappa shape index (κ2) is 5.90. The topological polar surface area (TPSA) is 81.7 Å². The van der Waals surface area contributed by atoms with Crippen LogP contribution in [0, 0.1) is 11.7 Å². The Bertz CT molecular complexity index is 610. The number of nitrogens with one attached hydrogen (secondary N) is 1. The van der Waals surface area contributed by atoms with Crippen molar-refractivity contribution in [1.82, 2.24) is 0 Å². The molecule has 1 saturated carbocycles. The number of benzene rings is 1. The van der Waals surface area contributed by atoms with E-state index in [9.17, 15) is 18.8 Å². The summed E-state index contributed by atoms with van der Waals surface area (Å²) in [6.45, 7) is 0. The third-order valence-corrected chi connectivity index (χ3v) is 3.14. The van der Waals surface area contributed by atoms with Crippen molar-refractivity contribution in [3.8, 4) is 0 Å². The van der Waals surface area contributed by atoms with E-state index in [1.54, 1.807) is 0 Å². The molecule has 0 aromatic heterocycles. The third kappa shape index (κ3) is 3.01. The van der Waals surface area contributed by atoms with Gasteiger partial charge in [0, 0.05) is 5.92 Å². The maximum absolute atomic E-state index is 14.4. The molecule has 1 fully saturated rings. The highest BCUT2D eigenvalue weighted by Gasteiger charge is 2.31. The number of hydrogen-bond acceptors (Lipinski definition) is 5. The van der Waals surface area contributed by atoms with Crippen LogP contribution >= 0.6 is 0 Å². The SMILES string of the molecule is COC(=O)c1ccc(NC(=O)C2CC2)c(F)c1C(=O)OC. The van der Waals surface area contributed by atoms with E-state index in [0.717, 1.165) is 27.1 Å². The monoisotopic (exact) mass is 295 g/mol. The van der Waals surface area contributed by atoms with Crippen molar-refractivity contribution in [3.63, 3.8) is 0 Å². The molecule has 0 atom stereocenters. The van der Waals surface area contributed by atoms with Gasteiger partial charge in [-0.1, -0.05) is 0 Å². The molecule has 1 aliphatic carbocycles. The standard InChI is InChI=1S/C14H14FNO5/c1-20-13(18)8-5-6-9(16-12(17)7-3-4-7)11(15)10(8)14(19)21-2/h5-7H,3-4H2,1-2H3,(H,16,17). The van der Waals surface area contributed by atoms with E-state index in [0.29, 0.717) is 0 Å². The normalized spacial score (nSPS) is 13.5. The van der Waals surface area contributed by atoms with Crippen LogP contribution in [-0.4, -0.2) is 32.1 Å². The fourth-order valence-electron chi connectivity index (χ4n) is 1.83. The second-order valence-electron chi connectivity index (χ2n) is 4.60. The summed E-state index contributed by atoms with van der Waals surface area (Å²) in [5.41, 5.74) is -0.982. The predicted molar refractivity (Wildman–Crippen MR) is 70.4 cm³/mol. The van der Waals surface area contributed by atoms with Crippen molar-refractivity contribution in [2.75, 3.05) is 19.5 Å². The lowest BCUT2D eigenvalue weighted by Crippen LogP contribution is -2.19. The summed E-state index contributed by atoms with van der Waals surface area (Å²) in [7, 11) is 2.18. The lowest BCUT2D eigenvalue weighted by atomic mass is 10.1. The minimum Gasteiger partial charge on any atom is -0.465 e. The van der Waals surface area contributed by atoms with E-state index in [-0.39, 0.29) is 23.1 Å². The highest BCUT2D eigenvalue weighted by atomic mass is 19.1. The van der Waals surface area contributed by atoms with E-state index >= 15 is 0 Å². The van der Waals surface area contributed by atoms with Gasteiger partial charge in [-0.05, 0) is 25.0 Å². The summed E-state index contributed by atoms with van der Waals surface area (Å²) in [5, 5.41) is 2.40. The molecule has 112 valence electrons. The number of amides is 1.